The second-order valence-electron chi connectivity index (χ2n) is 8.26. The molecule has 8 heteroatoms. The first-order valence-electron chi connectivity index (χ1n) is 11.2. The summed E-state index contributed by atoms with van der Waals surface area (Å²) in [6.45, 7) is 9.09. The van der Waals surface area contributed by atoms with E-state index in [1.165, 1.54) is 43.5 Å². The third-order valence-electron chi connectivity index (χ3n) is 6.16. The Labute approximate surface area is 202 Å². The monoisotopic (exact) mass is 538 g/mol. The van der Waals surface area contributed by atoms with E-state index in [4.69, 9.17) is 4.52 Å². The molecule has 0 saturated carbocycles. The summed E-state index contributed by atoms with van der Waals surface area (Å²) in [6, 6.07) is 10.8. The molecule has 2 aromatic rings. The van der Waals surface area contributed by atoms with Crippen LogP contribution in [0.15, 0.2) is 46.1 Å². The number of likely N-dealkylation sites (tertiary alicyclic amines) is 1. The summed E-state index contributed by atoms with van der Waals surface area (Å²) in [4.78, 5) is 11.9. The highest BCUT2D eigenvalue weighted by Crippen LogP contribution is 2.16. The van der Waals surface area contributed by atoms with Crippen LogP contribution >= 0.6 is 24.0 Å². The lowest BCUT2D eigenvalue weighted by atomic mass is 10.0. The maximum atomic E-state index is 4.95. The van der Waals surface area contributed by atoms with E-state index in [0.29, 0.717) is 0 Å². The summed E-state index contributed by atoms with van der Waals surface area (Å²) < 4.78 is 4.95. The molecule has 2 aliphatic heterocycles. The third kappa shape index (κ3) is 6.92. The lowest BCUT2D eigenvalue weighted by Crippen LogP contribution is -2.52. The van der Waals surface area contributed by atoms with Crippen molar-refractivity contribution in [2.75, 3.05) is 46.3 Å². The van der Waals surface area contributed by atoms with Crippen LogP contribution in [0, 0.1) is 0 Å². The number of halogens is 1. The zero-order chi connectivity index (χ0) is 20.6. The van der Waals surface area contributed by atoms with Gasteiger partial charge < -0.3 is 14.7 Å². The van der Waals surface area contributed by atoms with Crippen LogP contribution in [-0.4, -0.2) is 72.1 Å². The SMILES string of the molecule is CN=C(NCc1ccccc1CN1CCCCC1)N1CCN(Cc2ccon2)CC1.I. The van der Waals surface area contributed by atoms with Gasteiger partial charge in [-0.05, 0) is 37.1 Å². The fourth-order valence-electron chi connectivity index (χ4n) is 4.42. The molecule has 31 heavy (non-hydrogen) atoms. The van der Waals surface area contributed by atoms with Crippen molar-refractivity contribution in [2.24, 2.45) is 4.99 Å². The van der Waals surface area contributed by atoms with Crippen molar-refractivity contribution < 1.29 is 4.52 Å². The summed E-state index contributed by atoms with van der Waals surface area (Å²) in [6.07, 6.45) is 5.67. The van der Waals surface area contributed by atoms with Crippen LogP contribution in [0.25, 0.3) is 0 Å². The number of piperazine rings is 1. The number of rotatable bonds is 6. The first kappa shape index (κ1) is 24.0. The van der Waals surface area contributed by atoms with Crippen molar-refractivity contribution in [1.29, 1.82) is 0 Å². The summed E-state index contributed by atoms with van der Waals surface area (Å²) in [5.41, 5.74) is 3.80. The molecule has 1 aromatic heterocycles. The predicted molar refractivity (Wildman–Crippen MR) is 135 cm³/mol. The van der Waals surface area contributed by atoms with Gasteiger partial charge in [0.2, 0.25) is 0 Å². The van der Waals surface area contributed by atoms with E-state index in [1.54, 1.807) is 6.26 Å². The Balaban J connectivity index is 0.00000272. The normalized spacial score (nSPS) is 18.6. The molecular weight excluding hydrogens is 503 g/mol. The Morgan fingerprint density at radius 1 is 0.935 bits per heavy atom. The first-order valence-corrected chi connectivity index (χ1v) is 11.2. The van der Waals surface area contributed by atoms with Gasteiger partial charge in [0.1, 0.15) is 6.26 Å². The molecule has 0 bridgehead atoms. The quantitative estimate of drug-likeness (QED) is 0.347. The van der Waals surface area contributed by atoms with Gasteiger partial charge in [-0.25, -0.2) is 0 Å². The topological polar surface area (TPSA) is 60.1 Å². The summed E-state index contributed by atoms with van der Waals surface area (Å²) in [7, 11) is 1.88. The molecule has 1 aromatic carbocycles. The van der Waals surface area contributed by atoms with Gasteiger partial charge >= 0.3 is 0 Å². The predicted octanol–water partition coefficient (Wildman–Crippen LogP) is 3.17. The number of piperidine rings is 1. The minimum absolute atomic E-state index is 0. The van der Waals surface area contributed by atoms with Crippen molar-refractivity contribution in [3.63, 3.8) is 0 Å². The molecule has 3 heterocycles. The van der Waals surface area contributed by atoms with E-state index in [-0.39, 0.29) is 24.0 Å². The highest BCUT2D eigenvalue weighted by molar-refractivity contribution is 14.0. The first-order chi connectivity index (χ1) is 14.8. The van der Waals surface area contributed by atoms with Crippen LogP contribution in [0.3, 0.4) is 0 Å². The largest absolute Gasteiger partial charge is 0.364 e. The molecule has 0 unspecified atom stereocenters. The summed E-state index contributed by atoms with van der Waals surface area (Å²) in [5, 5.41) is 7.63. The van der Waals surface area contributed by atoms with E-state index in [2.05, 4.69) is 54.4 Å². The Hall–Kier alpha value is -1.65. The smallest absolute Gasteiger partial charge is 0.194 e. The molecule has 0 spiro atoms. The number of aromatic nitrogens is 1. The fraction of sp³-hybridized carbons (Fsp3) is 0.565. The second-order valence-corrected chi connectivity index (χ2v) is 8.26. The van der Waals surface area contributed by atoms with Crippen molar-refractivity contribution in [3.8, 4) is 0 Å². The molecule has 4 rings (SSSR count). The van der Waals surface area contributed by atoms with Gasteiger partial charge in [0.05, 0.1) is 5.69 Å². The molecular formula is C23H35IN6O. The lowest BCUT2D eigenvalue weighted by Gasteiger charge is -2.36. The summed E-state index contributed by atoms with van der Waals surface area (Å²) >= 11 is 0. The van der Waals surface area contributed by atoms with Crippen molar-refractivity contribution in [1.82, 2.24) is 25.2 Å². The van der Waals surface area contributed by atoms with Gasteiger partial charge in [-0.15, -0.1) is 24.0 Å². The zero-order valence-corrected chi connectivity index (χ0v) is 20.8. The van der Waals surface area contributed by atoms with E-state index < -0.39 is 0 Å². The highest BCUT2D eigenvalue weighted by atomic mass is 127. The molecule has 170 valence electrons. The minimum atomic E-state index is 0. The highest BCUT2D eigenvalue weighted by Gasteiger charge is 2.20. The van der Waals surface area contributed by atoms with Gasteiger partial charge in [-0.2, -0.15) is 0 Å². The second kappa shape index (κ2) is 12.4. The van der Waals surface area contributed by atoms with Crippen molar-refractivity contribution >= 4 is 29.9 Å². The Kier molecular flexibility index (Phi) is 9.60. The molecule has 7 nitrogen and oxygen atoms in total. The molecule has 2 saturated heterocycles. The van der Waals surface area contributed by atoms with Gasteiger partial charge in [-0.3, -0.25) is 14.8 Å². The van der Waals surface area contributed by atoms with Crippen molar-refractivity contribution in [3.05, 3.63) is 53.4 Å². The Bertz CT molecular complexity index is 798. The minimum Gasteiger partial charge on any atom is -0.364 e. The molecule has 2 fully saturated rings. The number of hydrogen-bond acceptors (Lipinski definition) is 5. The summed E-state index contributed by atoms with van der Waals surface area (Å²) in [5.74, 6) is 0.990. The van der Waals surface area contributed by atoms with Crippen LogP contribution in [0.5, 0.6) is 0 Å². The number of aliphatic imine (C=N–C) groups is 1. The average molecular weight is 538 g/mol. The molecule has 0 amide bonds. The van der Waals surface area contributed by atoms with Crippen LogP contribution < -0.4 is 5.32 Å². The third-order valence-corrected chi connectivity index (χ3v) is 6.16. The van der Waals surface area contributed by atoms with E-state index in [1.807, 2.05) is 13.1 Å². The van der Waals surface area contributed by atoms with Crippen LogP contribution in [-0.2, 0) is 19.6 Å². The molecule has 0 radical (unpaired) electrons. The zero-order valence-electron chi connectivity index (χ0n) is 18.5. The maximum Gasteiger partial charge on any atom is 0.194 e. The lowest BCUT2D eigenvalue weighted by molar-refractivity contribution is 0.169. The van der Waals surface area contributed by atoms with Crippen LogP contribution in [0.2, 0.25) is 0 Å². The van der Waals surface area contributed by atoms with Crippen LogP contribution in [0.4, 0.5) is 0 Å². The number of hydrogen-bond donors (Lipinski definition) is 1. The van der Waals surface area contributed by atoms with Gasteiger partial charge in [-0.1, -0.05) is 35.8 Å². The number of benzene rings is 1. The van der Waals surface area contributed by atoms with E-state index >= 15 is 0 Å². The molecule has 0 atom stereocenters. The number of nitrogens with zero attached hydrogens (tertiary/aromatic N) is 5. The Morgan fingerprint density at radius 3 is 2.32 bits per heavy atom. The standard InChI is InChI=1S/C23H34N6O.HI/c1-24-23(29-14-12-28(13-15-29)19-22-9-16-30-26-22)25-17-20-7-3-4-8-21(20)18-27-10-5-2-6-11-27;/h3-4,7-9,16H,2,5-6,10-15,17-19H2,1H3,(H,24,25);1H. The van der Waals surface area contributed by atoms with Crippen molar-refractivity contribution in [2.45, 2.75) is 38.9 Å². The van der Waals surface area contributed by atoms with Crippen LogP contribution in [0.1, 0.15) is 36.1 Å². The van der Waals surface area contributed by atoms with E-state index in [0.717, 1.165) is 57.5 Å². The fourth-order valence-corrected chi connectivity index (χ4v) is 4.42. The maximum absolute atomic E-state index is 4.95. The molecule has 2 aliphatic rings. The number of guanidine groups is 1. The van der Waals surface area contributed by atoms with E-state index in [9.17, 15) is 0 Å². The van der Waals surface area contributed by atoms with Gasteiger partial charge in [0.25, 0.3) is 0 Å². The average Bonchev–Trinajstić information content (AvgIpc) is 3.30. The molecule has 1 N–H and O–H groups in total. The number of nitrogens with one attached hydrogen (secondary N) is 1. The van der Waals surface area contributed by atoms with Gasteiger partial charge in [0.15, 0.2) is 5.96 Å². The Morgan fingerprint density at radius 2 is 1.65 bits per heavy atom. The molecule has 0 aliphatic carbocycles. The van der Waals surface area contributed by atoms with Gasteiger partial charge in [0, 0.05) is 58.9 Å².